The van der Waals surface area contributed by atoms with E-state index in [1.807, 2.05) is 0 Å². The topological polar surface area (TPSA) is 143 Å². The number of benzene rings is 1. The average Bonchev–Trinajstić information content (AvgIpc) is 3.35. The number of nitrogens with two attached hydrogens (primary N) is 1. The molecular formula is C33H36FN3O7. The molecule has 3 aliphatic heterocycles. The standard InChI is InChI=1S/C33H36FN3O7/c1-16(2)33(41)22-9-25-29-20(11-37(25)30(39)21(22)12-43-31(33)40)27-18(5-4-6-26(38)44-15-32(35)13-42-14-32)7-8-19-17(3)23(34)10-24(36-29)28(19)27/h9-10,16,18,41H,4-8,11-15,35H2,1-3H3. The van der Waals surface area contributed by atoms with Crippen LogP contribution in [0.1, 0.15) is 78.8 Å². The zero-order chi connectivity index (χ0) is 31.1. The van der Waals surface area contributed by atoms with Crippen molar-refractivity contribution in [2.45, 2.75) is 83.1 Å². The zero-order valence-electron chi connectivity index (χ0n) is 25.1. The summed E-state index contributed by atoms with van der Waals surface area (Å²) in [7, 11) is 0. The minimum Gasteiger partial charge on any atom is -0.464 e. The molecular weight excluding hydrogens is 569 g/mol. The van der Waals surface area contributed by atoms with E-state index in [-0.39, 0.29) is 60.6 Å². The molecule has 2 atom stereocenters. The third-order valence-corrected chi connectivity index (χ3v) is 9.99. The first kappa shape index (κ1) is 29.1. The Morgan fingerprint density at radius 1 is 1.25 bits per heavy atom. The molecule has 4 aliphatic rings. The van der Waals surface area contributed by atoms with Crippen LogP contribution in [0.2, 0.25) is 0 Å². The molecule has 1 saturated heterocycles. The molecule has 0 radical (unpaired) electrons. The summed E-state index contributed by atoms with van der Waals surface area (Å²) >= 11 is 0. The summed E-state index contributed by atoms with van der Waals surface area (Å²) in [4.78, 5) is 44.1. The van der Waals surface area contributed by atoms with Crippen molar-refractivity contribution in [1.82, 2.24) is 9.55 Å². The predicted octanol–water partition coefficient (Wildman–Crippen LogP) is 3.24. The van der Waals surface area contributed by atoms with E-state index in [1.54, 1.807) is 31.4 Å². The van der Waals surface area contributed by atoms with Gasteiger partial charge in [0.25, 0.3) is 5.56 Å². The van der Waals surface area contributed by atoms with Crippen molar-refractivity contribution in [2.75, 3.05) is 19.8 Å². The molecule has 1 fully saturated rings. The molecule has 10 nitrogen and oxygen atoms in total. The number of esters is 2. The normalized spacial score (nSPS) is 22.7. The number of ether oxygens (including phenoxy) is 3. The molecule has 1 aliphatic carbocycles. The van der Waals surface area contributed by atoms with E-state index in [9.17, 15) is 19.5 Å². The zero-order valence-corrected chi connectivity index (χ0v) is 25.1. The van der Waals surface area contributed by atoms with Gasteiger partial charge in [-0.2, -0.15) is 0 Å². The Balaban J connectivity index is 1.29. The number of rotatable bonds is 7. The lowest BCUT2D eigenvalue weighted by molar-refractivity contribution is -0.177. The molecule has 232 valence electrons. The Kier molecular flexibility index (Phi) is 6.73. The maximum Gasteiger partial charge on any atom is 0.343 e. The van der Waals surface area contributed by atoms with Crippen LogP contribution in [-0.2, 0) is 49.0 Å². The summed E-state index contributed by atoms with van der Waals surface area (Å²) in [6.07, 6.45) is 2.98. The maximum atomic E-state index is 15.1. The number of aliphatic hydroxyl groups is 1. The van der Waals surface area contributed by atoms with Gasteiger partial charge in [-0.3, -0.25) is 9.59 Å². The van der Waals surface area contributed by atoms with Gasteiger partial charge in [-0.05, 0) is 67.2 Å². The Morgan fingerprint density at radius 3 is 2.73 bits per heavy atom. The first-order valence-corrected chi connectivity index (χ1v) is 15.3. The molecule has 1 aromatic carbocycles. The number of halogens is 1. The third kappa shape index (κ3) is 4.23. The van der Waals surface area contributed by atoms with Crippen LogP contribution in [0.3, 0.4) is 0 Å². The third-order valence-electron chi connectivity index (χ3n) is 9.99. The molecule has 5 heterocycles. The number of nitrogens with zero attached hydrogens (tertiary/aromatic N) is 2. The van der Waals surface area contributed by atoms with Gasteiger partial charge in [-0.15, -0.1) is 0 Å². The minimum atomic E-state index is -1.97. The lowest BCUT2D eigenvalue weighted by Crippen LogP contribution is -2.60. The molecule has 0 saturated carbocycles. The molecule has 0 bridgehead atoms. The molecule has 3 N–H and O–H groups in total. The molecule has 7 rings (SSSR count). The highest BCUT2D eigenvalue weighted by Crippen LogP contribution is 2.48. The fourth-order valence-corrected chi connectivity index (χ4v) is 7.35. The van der Waals surface area contributed by atoms with E-state index in [2.05, 4.69) is 0 Å². The minimum absolute atomic E-state index is 0.0532. The van der Waals surface area contributed by atoms with Gasteiger partial charge in [0.15, 0.2) is 5.60 Å². The Labute approximate surface area is 253 Å². The van der Waals surface area contributed by atoms with Crippen molar-refractivity contribution < 1.29 is 33.3 Å². The number of aryl methyl sites for hydroxylation is 1. The van der Waals surface area contributed by atoms with Crippen LogP contribution in [-0.4, -0.2) is 52.0 Å². The number of hydrogen-bond acceptors (Lipinski definition) is 9. The smallest absolute Gasteiger partial charge is 0.343 e. The van der Waals surface area contributed by atoms with Crippen LogP contribution < -0.4 is 11.3 Å². The van der Waals surface area contributed by atoms with Gasteiger partial charge in [-0.25, -0.2) is 14.2 Å². The highest BCUT2D eigenvalue weighted by atomic mass is 19.1. The molecule has 2 aromatic heterocycles. The second-order valence-corrected chi connectivity index (χ2v) is 13.2. The highest BCUT2D eigenvalue weighted by molar-refractivity contribution is 5.93. The quantitative estimate of drug-likeness (QED) is 0.304. The Hall–Kier alpha value is -3.67. The fourth-order valence-electron chi connectivity index (χ4n) is 7.35. The fraction of sp³-hybridized carbons (Fsp3) is 0.515. The molecule has 11 heteroatoms. The predicted molar refractivity (Wildman–Crippen MR) is 157 cm³/mol. The second kappa shape index (κ2) is 10.2. The number of cyclic esters (lactones) is 1. The van der Waals surface area contributed by atoms with Crippen LogP contribution in [0.25, 0.3) is 22.3 Å². The van der Waals surface area contributed by atoms with Crippen LogP contribution in [0, 0.1) is 18.7 Å². The lowest BCUT2D eigenvalue weighted by atomic mass is 9.76. The SMILES string of the molecule is Cc1c(F)cc2nc3c(c4c2c1CCC4CCCC(=O)OCC1(N)COC1)Cn1c-3cc2c(c1=O)COC(=O)C2(O)C(C)C. The van der Waals surface area contributed by atoms with Crippen molar-refractivity contribution in [1.29, 1.82) is 0 Å². The lowest BCUT2D eigenvalue weighted by Gasteiger charge is -2.36. The van der Waals surface area contributed by atoms with E-state index in [1.165, 1.54) is 6.07 Å². The molecule has 0 spiro atoms. The number of fused-ring (bicyclic) bond motifs is 5. The van der Waals surface area contributed by atoms with Crippen molar-refractivity contribution in [3.05, 3.63) is 61.7 Å². The summed E-state index contributed by atoms with van der Waals surface area (Å²) in [6.45, 7) is 6.11. The highest BCUT2D eigenvalue weighted by Gasteiger charge is 2.49. The summed E-state index contributed by atoms with van der Waals surface area (Å²) < 4.78 is 32.6. The molecule has 0 amide bonds. The summed E-state index contributed by atoms with van der Waals surface area (Å²) in [5, 5.41) is 12.4. The van der Waals surface area contributed by atoms with Crippen molar-refractivity contribution in [2.24, 2.45) is 11.7 Å². The first-order valence-electron chi connectivity index (χ1n) is 15.3. The van der Waals surface area contributed by atoms with Crippen molar-refractivity contribution in [3.8, 4) is 11.4 Å². The summed E-state index contributed by atoms with van der Waals surface area (Å²) in [6, 6.07) is 3.14. The Bertz CT molecular complexity index is 1810. The van der Waals surface area contributed by atoms with Gasteiger partial charge >= 0.3 is 11.9 Å². The molecule has 44 heavy (non-hydrogen) atoms. The van der Waals surface area contributed by atoms with Gasteiger partial charge in [0, 0.05) is 29.0 Å². The number of carbonyl (C=O) groups excluding carboxylic acids is 2. The average molecular weight is 606 g/mol. The van der Waals surface area contributed by atoms with Crippen LogP contribution in [0.15, 0.2) is 16.9 Å². The second-order valence-electron chi connectivity index (χ2n) is 13.2. The molecule has 3 aromatic rings. The Morgan fingerprint density at radius 2 is 2.02 bits per heavy atom. The summed E-state index contributed by atoms with van der Waals surface area (Å²) in [5.74, 6) is -1.92. The van der Waals surface area contributed by atoms with E-state index < -0.39 is 23.0 Å². The van der Waals surface area contributed by atoms with Gasteiger partial charge in [-0.1, -0.05) is 13.8 Å². The largest absolute Gasteiger partial charge is 0.464 e. The summed E-state index contributed by atoms with van der Waals surface area (Å²) in [5.41, 5.74) is 8.64. The van der Waals surface area contributed by atoms with Crippen LogP contribution >= 0.6 is 0 Å². The number of hydrogen-bond donors (Lipinski definition) is 2. The van der Waals surface area contributed by atoms with E-state index >= 15 is 4.39 Å². The van der Waals surface area contributed by atoms with E-state index in [0.717, 1.165) is 28.5 Å². The van der Waals surface area contributed by atoms with Crippen LogP contribution in [0.4, 0.5) is 4.39 Å². The van der Waals surface area contributed by atoms with Crippen LogP contribution in [0.5, 0.6) is 0 Å². The van der Waals surface area contributed by atoms with Gasteiger partial charge < -0.3 is 29.6 Å². The first-order chi connectivity index (χ1) is 20.9. The van der Waals surface area contributed by atoms with E-state index in [0.29, 0.717) is 54.9 Å². The van der Waals surface area contributed by atoms with Crippen molar-refractivity contribution >= 4 is 22.8 Å². The van der Waals surface area contributed by atoms with E-state index in [4.69, 9.17) is 24.9 Å². The number of pyridine rings is 2. The van der Waals surface area contributed by atoms with Crippen molar-refractivity contribution in [3.63, 3.8) is 0 Å². The van der Waals surface area contributed by atoms with Gasteiger partial charge in [0.05, 0.1) is 47.8 Å². The monoisotopic (exact) mass is 605 g/mol. The van der Waals surface area contributed by atoms with Gasteiger partial charge in [0.1, 0.15) is 19.0 Å². The number of carbonyl (C=O) groups is 2. The number of aromatic nitrogens is 2. The maximum absolute atomic E-state index is 15.1. The van der Waals surface area contributed by atoms with Gasteiger partial charge in [0.2, 0.25) is 0 Å². The molecule has 2 unspecified atom stereocenters.